The van der Waals surface area contributed by atoms with Crippen LogP contribution in [-0.2, 0) is 9.59 Å². The van der Waals surface area contributed by atoms with Gasteiger partial charge in [-0.05, 0) is 25.7 Å². The lowest BCUT2D eigenvalue weighted by atomic mass is 9.97. The molecule has 1 N–H and O–H groups in total. The van der Waals surface area contributed by atoms with Gasteiger partial charge in [-0.15, -0.1) is 0 Å². The first-order valence-electron chi connectivity index (χ1n) is 6.15. The summed E-state index contributed by atoms with van der Waals surface area (Å²) in [5.41, 5.74) is 0. The van der Waals surface area contributed by atoms with Gasteiger partial charge in [0.2, 0.25) is 5.91 Å². The normalized spacial score (nSPS) is 18.2. The molecule has 92 valence electrons. The topological polar surface area (TPSA) is 57.6 Å². The SMILES string of the molecule is CCC[C@H](CC(=O)O)C(=O)N1CCCCC1. The number of carboxylic acid groups (broad SMARTS) is 1. The molecule has 0 aromatic carbocycles. The second-order valence-corrected chi connectivity index (χ2v) is 4.47. The summed E-state index contributed by atoms with van der Waals surface area (Å²) < 4.78 is 0. The molecule has 0 unspecified atom stereocenters. The Kier molecular flexibility index (Phi) is 5.29. The predicted octanol–water partition coefficient (Wildman–Crippen LogP) is 1.89. The van der Waals surface area contributed by atoms with Crippen LogP contribution in [0, 0.1) is 5.92 Å². The summed E-state index contributed by atoms with van der Waals surface area (Å²) in [6.07, 6.45) is 4.80. The third-order valence-corrected chi connectivity index (χ3v) is 3.08. The van der Waals surface area contributed by atoms with Gasteiger partial charge >= 0.3 is 5.97 Å². The zero-order chi connectivity index (χ0) is 12.0. The lowest BCUT2D eigenvalue weighted by Crippen LogP contribution is -2.40. The minimum Gasteiger partial charge on any atom is -0.481 e. The van der Waals surface area contributed by atoms with Gasteiger partial charge in [-0.1, -0.05) is 13.3 Å². The van der Waals surface area contributed by atoms with Crippen molar-refractivity contribution in [1.29, 1.82) is 0 Å². The lowest BCUT2D eigenvalue weighted by Gasteiger charge is -2.30. The van der Waals surface area contributed by atoms with Crippen LogP contribution in [0.25, 0.3) is 0 Å². The van der Waals surface area contributed by atoms with Crippen molar-refractivity contribution in [3.63, 3.8) is 0 Å². The van der Waals surface area contributed by atoms with Crippen molar-refractivity contribution in [3.8, 4) is 0 Å². The molecular weight excluding hydrogens is 206 g/mol. The van der Waals surface area contributed by atoms with Crippen LogP contribution in [0.2, 0.25) is 0 Å². The van der Waals surface area contributed by atoms with E-state index in [0.717, 1.165) is 32.4 Å². The number of nitrogens with zero attached hydrogens (tertiary/aromatic N) is 1. The van der Waals surface area contributed by atoms with E-state index in [9.17, 15) is 9.59 Å². The minimum atomic E-state index is -0.871. The summed E-state index contributed by atoms with van der Waals surface area (Å²) >= 11 is 0. The van der Waals surface area contributed by atoms with Gasteiger partial charge < -0.3 is 10.0 Å². The lowest BCUT2D eigenvalue weighted by molar-refractivity contribution is -0.145. The van der Waals surface area contributed by atoms with Crippen LogP contribution in [0.4, 0.5) is 0 Å². The molecule has 0 saturated carbocycles. The van der Waals surface area contributed by atoms with E-state index in [1.54, 1.807) is 0 Å². The third kappa shape index (κ3) is 3.83. The van der Waals surface area contributed by atoms with E-state index >= 15 is 0 Å². The second kappa shape index (κ2) is 6.51. The van der Waals surface area contributed by atoms with E-state index in [0.29, 0.717) is 6.42 Å². The number of hydrogen-bond acceptors (Lipinski definition) is 2. The largest absolute Gasteiger partial charge is 0.481 e. The van der Waals surface area contributed by atoms with Gasteiger partial charge in [-0.25, -0.2) is 0 Å². The Labute approximate surface area is 96.6 Å². The molecule has 0 spiro atoms. The number of rotatable bonds is 5. The summed E-state index contributed by atoms with van der Waals surface area (Å²) in [6.45, 7) is 3.59. The number of piperidine rings is 1. The number of carbonyl (C=O) groups is 2. The highest BCUT2D eigenvalue weighted by atomic mass is 16.4. The number of hydrogen-bond donors (Lipinski definition) is 1. The molecule has 1 heterocycles. The smallest absolute Gasteiger partial charge is 0.304 e. The maximum absolute atomic E-state index is 12.1. The molecule has 0 bridgehead atoms. The van der Waals surface area contributed by atoms with Gasteiger partial charge in [0.15, 0.2) is 0 Å². The van der Waals surface area contributed by atoms with Gasteiger partial charge in [0.05, 0.1) is 6.42 Å². The van der Waals surface area contributed by atoms with E-state index in [2.05, 4.69) is 0 Å². The third-order valence-electron chi connectivity index (χ3n) is 3.08. The van der Waals surface area contributed by atoms with Crippen molar-refractivity contribution in [1.82, 2.24) is 4.90 Å². The Bertz CT molecular complexity index is 247. The Balaban J connectivity index is 2.54. The van der Waals surface area contributed by atoms with E-state index in [-0.39, 0.29) is 18.2 Å². The van der Waals surface area contributed by atoms with E-state index in [1.165, 1.54) is 6.42 Å². The summed E-state index contributed by atoms with van der Waals surface area (Å²) in [5, 5.41) is 8.79. The van der Waals surface area contributed by atoms with Gasteiger partial charge in [0, 0.05) is 19.0 Å². The molecule has 0 aromatic rings. The van der Waals surface area contributed by atoms with Crippen molar-refractivity contribution in [2.75, 3.05) is 13.1 Å². The Morgan fingerprint density at radius 3 is 2.38 bits per heavy atom. The Morgan fingerprint density at radius 1 is 1.25 bits per heavy atom. The maximum Gasteiger partial charge on any atom is 0.304 e. The summed E-state index contributed by atoms with van der Waals surface area (Å²) in [5.74, 6) is -1.15. The molecule has 1 atom stereocenters. The highest BCUT2D eigenvalue weighted by Gasteiger charge is 2.26. The molecule has 4 nitrogen and oxygen atoms in total. The van der Waals surface area contributed by atoms with Crippen LogP contribution in [0.3, 0.4) is 0 Å². The van der Waals surface area contributed by atoms with E-state index < -0.39 is 5.97 Å². The maximum atomic E-state index is 12.1. The van der Waals surface area contributed by atoms with Crippen LogP contribution < -0.4 is 0 Å². The number of amides is 1. The van der Waals surface area contributed by atoms with Crippen molar-refractivity contribution in [2.24, 2.45) is 5.92 Å². The molecule has 1 amide bonds. The average molecular weight is 227 g/mol. The van der Waals surface area contributed by atoms with Gasteiger partial charge in [0.1, 0.15) is 0 Å². The van der Waals surface area contributed by atoms with Gasteiger partial charge in [-0.3, -0.25) is 9.59 Å². The van der Waals surface area contributed by atoms with Crippen molar-refractivity contribution in [2.45, 2.75) is 45.4 Å². The zero-order valence-electron chi connectivity index (χ0n) is 9.95. The quantitative estimate of drug-likeness (QED) is 0.780. The molecule has 1 fully saturated rings. The van der Waals surface area contributed by atoms with Gasteiger partial charge in [-0.2, -0.15) is 0 Å². The monoisotopic (exact) mass is 227 g/mol. The zero-order valence-corrected chi connectivity index (χ0v) is 9.95. The summed E-state index contributed by atoms with van der Waals surface area (Å²) in [6, 6.07) is 0. The van der Waals surface area contributed by atoms with E-state index in [4.69, 9.17) is 5.11 Å². The van der Waals surface area contributed by atoms with Crippen LogP contribution in [0.5, 0.6) is 0 Å². The first kappa shape index (κ1) is 13.0. The van der Waals surface area contributed by atoms with E-state index in [1.807, 2.05) is 11.8 Å². The van der Waals surface area contributed by atoms with Crippen molar-refractivity contribution < 1.29 is 14.7 Å². The average Bonchev–Trinajstić information content (AvgIpc) is 2.28. The Hall–Kier alpha value is -1.06. The predicted molar refractivity (Wildman–Crippen MR) is 61.1 cm³/mol. The molecule has 0 aromatic heterocycles. The summed E-state index contributed by atoms with van der Waals surface area (Å²) in [7, 11) is 0. The molecule has 1 saturated heterocycles. The highest BCUT2D eigenvalue weighted by Crippen LogP contribution is 2.18. The highest BCUT2D eigenvalue weighted by molar-refractivity contribution is 5.83. The van der Waals surface area contributed by atoms with Crippen molar-refractivity contribution >= 4 is 11.9 Å². The van der Waals surface area contributed by atoms with Crippen molar-refractivity contribution in [3.05, 3.63) is 0 Å². The van der Waals surface area contributed by atoms with Crippen LogP contribution in [0.1, 0.15) is 45.4 Å². The molecule has 1 aliphatic heterocycles. The molecule has 0 aliphatic carbocycles. The standard InChI is InChI=1S/C12H21NO3/c1-2-6-10(9-11(14)15)12(16)13-7-4-3-5-8-13/h10H,2-9H2,1H3,(H,14,15)/t10-/m1/s1. The molecule has 16 heavy (non-hydrogen) atoms. The Morgan fingerprint density at radius 2 is 1.88 bits per heavy atom. The van der Waals surface area contributed by atoms with Crippen LogP contribution in [-0.4, -0.2) is 35.0 Å². The number of likely N-dealkylation sites (tertiary alicyclic amines) is 1. The molecule has 0 radical (unpaired) electrons. The second-order valence-electron chi connectivity index (χ2n) is 4.47. The summed E-state index contributed by atoms with van der Waals surface area (Å²) in [4.78, 5) is 24.6. The number of carbonyl (C=O) groups excluding carboxylic acids is 1. The molecule has 1 rings (SSSR count). The molecule has 1 aliphatic rings. The van der Waals surface area contributed by atoms with Gasteiger partial charge in [0.25, 0.3) is 0 Å². The fourth-order valence-corrected chi connectivity index (χ4v) is 2.24. The fourth-order valence-electron chi connectivity index (χ4n) is 2.24. The first-order valence-corrected chi connectivity index (χ1v) is 6.15. The molecular formula is C12H21NO3. The number of carboxylic acids is 1. The van der Waals surface area contributed by atoms with Crippen LogP contribution in [0.15, 0.2) is 0 Å². The molecule has 4 heteroatoms. The number of aliphatic carboxylic acids is 1. The van der Waals surface area contributed by atoms with Crippen LogP contribution >= 0.6 is 0 Å². The minimum absolute atomic E-state index is 0.0246. The fraction of sp³-hybridized carbons (Fsp3) is 0.833. The first-order chi connectivity index (χ1) is 7.65.